The van der Waals surface area contributed by atoms with Gasteiger partial charge in [-0.05, 0) is 82.9 Å². The Hall–Kier alpha value is -7.30. The van der Waals surface area contributed by atoms with E-state index in [4.69, 9.17) is 9.97 Å². The van der Waals surface area contributed by atoms with Gasteiger partial charge in [0.25, 0.3) is 0 Å². The van der Waals surface area contributed by atoms with Crippen LogP contribution in [0.25, 0.3) is 99.7 Å². The van der Waals surface area contributed by atoms with Crippen molar-refractivity contribution in [3.05, 3.63) is 194 Å². The van der Waals surface area contributed by atoms with Crippen molar-refractivity contribution in [3.63, 3.8) is 0 Å². The van der Waals surface area contributed by atoms with E-state index in [1.807, 2.05) is 12.1 Å². The average molecular weight is 689 g/mol. The number of hydrogen-bond acceptors (Lipinski definition) is 2. The van der Waals surface area contributed by atoms with Gasteiger partial charge in [0.2, 0.25) is 5.95 Å². The zero-order valence-corrected chi connectivity index (χ0v) is 29.3. The molecule has 4 nitrogen and oxygen atoms in total. The second kappa shape index (κ2) is 12.1. The van der Waals surface area contributed by atoms with Gasteiger partial charge in [0.1, 0.15) is 0 Å². The van der Waals surface area contributed by atoms with Crippen molar-refractivity contribution in [2.24, 2.45) is 0 Å². The molecular formula is C50H32N4. The van der Waals surface area contributed by atoms with Crippen LogP contribution in [0, 0.1) is 0 Å². The van der Waals surface area contributed by atoms with E-state index >= 15 is 0 Å². The molecule has 0 spiro atoms. The predicted molar refractivity (Wildman–Crippen MR) is 225 cm³/mol. The first-order valence-electron chi connectivity index (χ1n) is 18.3. The molecule has 4 heteroatoms. The minimum atomic E-state index is 0.664. The summed E-state index contributed by atoms with van der Waals surface area (Å²) in [4.78, 5) is 10.4. The molecule has 0 aliphatic rings. The first-order chi connectivity index (χ1) is 26.8. The van der Waals surface area contributed by atoms with Crippen molar-refractivity contribution in [2.75, 3.05) is 0 Å². The minimum absolute atomic E-state index is 0.664. The monoisotopic (exact) mass is 688 g/mol. The van der Waals surface area contributed by atoms with E-state index in [0.717, 1.165) is 33.2 Å². The predicted octanol–water partition coefficient (Wildman–Crippen LogP) is 12.8. The molecule has 0 aliphatic heterocycles. The van der Waals surface area contributed by atoms with Gasteiger partial charge in [-0.1, -0.05) is 133 Å². The first-order valence-corrected chi connectivity index (χ1v) is 18.3. The fourth-order valence-corrected chi connectivity index (χ4v) is 8.23. The Morgan fingerprint density at radius 2 is 0.778 bits per heavy atom. The summed E-state index contributed by atoms with van der Waals surface area (Å²) in [6, 6.07) is 69.1. The number of hydrogen-bond donors (Lipinski definition) is 0. The third-order valence-corrected chi connectivity index (χ3v) is 10.7. The number of rotatable bonds is 5. The van der Waals surface area contributed by atoms with Crippen LogP contribution in [0.3, 0.4) is 0 Å². The van der Waals surface area contributed by atoms with Crippen LogP contribution in [0.4, 0.5) is 0 Å². The quantitative estimate of drug-likeness (QED) is 0.180. The van der Waals surface area contributed by atoms with Gasteiger partial charge in [-0.3, -0.25) is 4.57 Å². The molecule has 0 radical (unpaired) electrons. The average Bonchev–Trinajstić information content (AvgIpc) is 3.76. The van der Waals surface area contributed by atoms with Crippen LogP contribution >= 0.6 is 0 Å². The highest BCUT2D eigenvalue weighted by atomic mass is 15.2. The van der Waals surface area contributed by atoms with Crippen molar-refractivity contribution in [1.82, 2.24) is 19.1 Å². The summed E-state index contributed by atoms with van der Waals surface area (Å²) in [7, 11) is 0. The molecule has 11 aromatic rings. The van der Waals surface area contributed by atoms with E-state index in [-0.39, 0.29) is 0 Å². The largest absolute Gasteiger partial charge is 0.309 e. The maximum Gasteiger partial charge on any atom is 0.235 e. The Labute approximate surface area is 311 Å². The van der Waals surface area contributed by atoms with Crippen LogP contribution in [0.5, 0.6) is 0 Å². The number of nitrogens with zero attached hydrogens (tertiary/aromatic N) is 4. The van der Waals surface area contributed by atoms with Crippen LogP contribution < -0.4 is 0 Å². The van der Waals surface area contributed by atoms with Gasteiger partial charge < -0.3 is 4.57 Å². The van der Waals surface area contributed by atoms with Gasteiger partial charge in [-0.15, -0.1) is 0 Å². The highest BCUT2D eigenvalue weighted by molar-refractivity contribution is 6.12. The van der Waals surface area contributed by atoms with Crippen molar-refractivity contribution in [3.8, 4) is 45.1 Å². The van der Waals surface area contributed by atoms with Gasteiger partial charge in [-0.25, -0.2) is 9.97 Å². The molecule has 0 N–H and O–H groups in total. The molecular weight excluding hydrogens is 657 g/mol. The Bertz CT molecular complexity index is 3210. The molecule has 54 heavy (non-hydrogen) atoms. The van der Waals surface area contributed by atoms with Crippen molar-refractivity contribution in [2.45, 2.75) is 0 Å². The zero-order valence-electron chi connectivity index (χ0n) is 29.3. The first kappa shape index (κ1) is 30.3. The summed E-state index contributed by atoms with van der Waals surface area (Å²) in [5, 5.41) is 5.88. The molecule has 0 saturated heterocycles. The van der Waals surface area contributed by atoms with Gasteiger partial charge in [0.05, 0.1) is 33.3 Å². The lowest BCUT2D eigenvalue weighted by molar-refractivity contribution is 1.01. The van der Waals surface area contributed by atoms with Crippen molar-refractivity contribution >= 4 is 54.5 Å². The van der Waals surface area contributed by atoms with Crippen LogP contribution in [0.2, 0.25) is 0 Å². The zero-order chi connectivity index (χ0) is 35.6. The van der Waals surface area contributed by atoms with Gasteiger partial charge in [-0.2, -0.15) is 0 Å². The molecule has 0 saturated carbocycles. The van der Waals surface area contributed by atoms with Gasteiger partial charge >= 0.3 is 0 Å². The van der Waals surface area contributed by atoms with Crippen molar-refractivity contribution in [1.29, 1.82) is 0 Å². The SMILES string of the molecule is c1ccc(-c2nc(-n3c4ccccc4c4cc(-c5cccc(-c6ccc7c(c6)c6ccccc6n7-c6ccccc6)c5)ccc43)nc3ccccc23)cc1. The highest BCUT2D eigenvalue weighted by Crippen LogP contribution is 2.38. The topological polar surface area (TPSA) is 35.6 Å². The molecule has 252 valence electrons. The second-order valence-corrected chi connectivity index (χ2v) is 13.8. The summed E-state index contributed by atoms with van der Waals surface area (Å²) in [5.41, 5.74) is 13.4. The molecule has 8 aromatic carbocycles. The van der Waals surface area contributed by atoms with E-state index in [0.29, 0.717) is 5.95 Å². The highest BCUT2D eigenvalue weighted by Gasteiger charge is 2.18. The fourth-order valence-electron chi connectivity index (χ4n) is 8.23. The second-order valence-electron chi connectivity index (χ2n) is 13.8. The Balaban J connectivity index is 1.04. The van der Waals surface area contributed by atoms with Gasteiger partial charge in [0, 0.05) is 38.2 Å². The fraction of sp³-hybridized carbons (Fsp3) is 0. The molecule has 0 unspecified atom stereocenters. The summed E-state index contributed by atoms with van der Waals surface area (Å²) in [5.74, 6) is 0.664. The van der Waals surface area contributed by atoms with Crippen LogP contribution in [0.1, 0.15) is 0 Å². The molecule has 3 heterocycles. The smallest absolute Gasteiger partial charge is 0.235 e. The third kappa shape index (κ3) is 4.78. The van der Waals surface area contributed by atoms with Gasteiger partial charge in [0.15, 0.2) is 0 Å². The standard InChI is InChI=1S/C50H32N4/c1-3-14-33(15-4-1)49-41-22-7-10-23-44(41)51-50(52-49)54-46-25-12-9-21-40(46)43-32-37(27-29-48(43)54)35-17-13-16-34(30-35)36-26-28-47-42(31-36)39-20-8-11-24-45(39)53(47)38-18-5-2-6-19-38/h1-32H. The molecule has 0 bridgehead atoms. The van der Waals surface area contributed by atoms with Crippen molar-refractivity contribution < 1.29 is 0 Å². The lowest BCUT2D eigenvalue weighted by Crippen LogP contribution is -2.03. The summed E-state index contributed by atoms with van der Waals surface area (Å²) in [6.45, 7) is 0. The summed E-state index contributed by atoms with van der Waals surface area (Å²) >= 11 is 0. The van der Waals surface area contributed by atoms with E-state index in [9.17, 15) is 0 Å². The lowest BCUT2D eigenvalue weighted by Gasteiger charge is -2.12. The number of fused-ring (bicyclic) bond motifs is 7. The molecule has 0 fully saturated rings. The maximum atomic E-state index is 5.25. The Kier molecular flexibility index (Phi) is 6.82. The van der Waals surface area contributed by atoms with Crippen LogP contribution in [-0.2, 0) is 0 Å². The Morgan fingerprint density at radius 3 is 1.44 bits per heavy atom. The van der Waals surface area contributed by atoms with E-state index < -0.39 is 0 Å². The third-order valence-electron chi connectivity index (χ3n) is 10.7. The molecule has 0 amide bonds. The minimum Gasteiger partial charge on any atom is -0.309 e. The Morgan fingerprint density at radius 1 is 0.296 bits per heavy atom. The lowest BCUT2D eigenvalue weighted by atomic mass is 9.97. The number of para-hydroxylation sites is 4. The van der Waals surface area contributed by atoms with Crippen LogP contribution in [-0.4, -0.2) is 19.1 Å². The molecule has 0 aliphatic carbocycles. The molecule has 0 atom stereocenters. The molecule has 3 aromatic heterocycles. The van der Waals surface area contributed by atoms with E-state index in [2.05, 4.69) is 191 Å². The maximum absolute atomic E-state index is 5.25. The summed E-state index contributed by atoms with van der Waals surface area (Å²) in [6.07, 6.45) is 0. The van der Waals surface area contributed by atoms with E-state index in [1.165, 1.54) is 60.5 Å². The number of aromatic nitrogens is 4. The van der Waals surface area contributed by atoms with Crippen LogP contribution in [0.15, 0.2) is 194 Å². The summed E-state index contributed by atoms with van der Waals surface area (Å²) < 4.78 is 4.58. The normalized spacial score (nSPS) is 11.7. The molecule has 11 rings (SSSR count). The number of benzene rings is 8. The van der Waals surface area contributed by atoms with E-state index in [1.54, 1.807) is 0 Å².